The molecule has 0 radical (unpaired) electrons. The first-order valence-electron chi connectivity index (χ1n) is 5.53. The molecule has 0 spiro atoms. The number of carboxylic acids is 1. The van der Waals surface area contributed by atoms with Gasteiger partial charge >= 0.3 is 12.0 Å². The first-order chi connectivity index (χ1) is 9.47. The summed E-state index contributed by atoms with van der Waals surface area (Å²) in [5.74, 6) is -1.11. The number of nitrogens with one attached hydrogen (secondary N) is 2. The Hall–Kier alpha value is -2.61. The van der Waals surface area contributed by atoms with Gasteiger partial charge in [-0.1, -0.05) is 0 Å². The molecule has 7 nitrogen and oxygen atoms in total. The summed E-state index contributed by atoms with van der Waals surface area (Å²) in [4.78, 5) is 33.9. The molecule has 0 aliphatic carbocycles. The number of aryl methyl sites for hydroxylation is 1. The molecular weight excluding hydrogens is 282 g/mol. The Kier molecular flexibility index (Phi) is 3.85. The maximum atomic E-state index is 11.8. The molecule has 0 unspecified atom stereocenters. The number of hydrogen-bond donors (Lipinski definition) is 3. The van der Waals surface area contributed by atoms with Crippen molar-refractivity contribution in [3.05, 3.63) is 45.7 Å². The Morgan fingerprint density at radius 3 is 2.65 bits per heavy atom. The van der Waals surface area contributed by atoms with Gasteiger partial charge in [0.05, 0.1) is 11.3 Å². The normalized spacial score (nSPS) is 10.1. The molecule has 2 rings (SSSR count). The highest BCUT2D eigenvalue weighted by Crippen LogP contribution is 2.23. The van der Waals surface area contributed by atoms with Crippen molar-refractivity contribution in [3.63, 3.8) is 0 Å². The lowest BCUT2D eigenvalue weighted by atomic mass is 10.3. The van der Waals surface area contributed by atoms with Crippen LogP contribution in [0.3, 0.4) is 0 Å². The minimum absolute atomic E-state index is 0.0330. The van der Waals surface area contributed by atoms with Crippen LogP contribution >= 0.6 is 11.3 Å². The van der Waals surface area contributed by atoms with E-state index in [1.807, 2.05) is 0 Å². The van der Waals surface area contributed by atoms with Crippen molar-refractivity contribution >= 4 is 34.0 Å². The minimum atomic E-state index is -1.11. The lowest BCUT2D eigenvalue weighted by molar-refractivity contribution is 0.0698. The smallest absolute Gasteiger partial charge is 0.338 e. The van der Waals surface area contributed by atoms with Gasteiger partial charge < -0.3 is 15.0 Å². The molecule has 0 fully saturated rings. The quantitative estimate of drug-likeness (QED) is 0.803. The zero-order valence-electron chi connectivity index (χ0n) is 10.4. The number of rotatable bonds is 3. The molecule has 2 aromatic rings. The fourth-order valence-electron chi connectivity index (χ4n) is 1.51. The number of hydrogen-bond acceptors (Lipinski definition) is 4. The van der Waals surface area contributed by atoms with Gasteiger partial charge in [-0.25, -0.2) is 9.59 Å². The molecule has 2 aromatic heterocycles. The summed E-state index contributed by atoms with van der Waals surface area (Å²) in [5.41, 5.74) is 0.269. The fourth-order valence-corrected chi connectivity index (χ4v) is 2.28. The molecule has 0 saturated heterocycles. The monoisotopic (exact) mass is 293 g/mol. The first-order valence-corrected chi connectivity index (χ1v) is 6.41. The Labute approximate surface area is 117 Å². The average Bonchev–Trinajstić information content (AvgIpc) is 2.82. The number of amides is 2. The topological polar surface area (TPSA) is 100 Å². The van der Waals surface area contributed by atoms with Crippen LogP contribution in [-0.4, -0.2) is 21.7 Å². The van der Waals surface area contributed by atoms with Crippen LogP contribution in [0.5, 0.6) is 0 Å². The molecule has 0 bridgehead atoms. The van der Waals surface area contributed by atoms with E-state index >= 15 is 0 Å². The molecule has 20 heavy (non-hydrogen) atoms. The third-order valence-electron chi connectivity index (χ3n) is 2.47. The third kappa shape index (κ3) is 3.04. The maximum Gasteiger partial charge on any atom is 0.338 e. The van der Waals surface area contributed by atoms with E-state index in [-0.39, 0.29) is 16.1 Å². The van der Waals surface area contributed by atoms with Gasteiger partial charge in [-0.3, -0.25) is 10.1 Å². The average molecular weight is 293 g/mol. The molecule has 0 aliphatic heterocycles. The molecule has 2 amide bonds. The molecule has 2 heterocycles. The summed E-state index contributed by atoms with van der Waals surface area (Å²) < 4.78 is 1.32. The van der Waals surface area contributed by atoms with Gasteiger partial charge in [-0.05, 0) is 17.5 Å². The van der Waals surface area contributed by atoms with Crippen LogP contribution in [0.15, 0.2) is 34.6 Å². The predicted octanol–water partition coefficient (Wildman–Crippen LogP) is 1.79. The number of urea groups is 1. The van der Waals surface area contributed by atoms with E-state index in [0.29, 0.717) is 5.69 Å². The van der Waals surface area contributed by atoms with Crippen molar-refractivity contribution in [2.75, 3.05) is 10.6 Å². The van der Waals surface area contributed by atoms with Crippen molar-refractivity contribution in [2.24, 2.45) is 7.05 Å². The van der Waals surface area contributed by atoms with Gasteiger partial charge in [-0.2, -0.15) is 0 Å². The molecule has 0 atom stereocenters. The van der Waals surface area contributed by atoms with Gasteiger partial charge in [0.15, 0.2) is 0 Å². The Bertz CT molecular complexity index is 719. The van der Waals surface area contributed by atoms with Crippen molar-refractivity contribution in [1.82, 2.24) is 4.57 Å². The van der Waals surface area contributed by atoms with Crippen molar-refractivity contribution in [2.45, 2.75) is 0 Å². The lowest BCUT2D eigenvalue weighted by Crippen LogP contribution is -2.22. The van der Waals surface area contributed by atoms with E-state index < -0.39 is 12.0 Å². The van der Waals surface area contributed by atoms with E-state index in [1.54, 1.807) is 12.4 Å². The SMILES string of the molecule is Cn1cc(NC(=O)Nc2sccc2C(=O)O)ccc1=O. The van der Waals surface area contributed by atoms with E-state index in [0.717, 1.165) is 11.3 Å². The van der Waals surface area contributed by atoms with Crippen LogP contribution in [-0.2, 0) is 7.05 Å². The van der Waals surface area contributed by atoms with Crippen LogP contribution in [0.2, 0.25) is 0 Å². The van der Waals surface area contributed by atoms with Crippen LogP contribution in [0, 0.1) is 0 Å². The summed E-state index contributed by atoms with van der Waals surface area (Å²) in [6.45, 7) is 0. The van der Waals surface area contributed by atoms with Crippen molar-refractivity contribution < 1.29 is 14.7 Å². The third-order valence-corrected chi connectivity index (χ3v) is 3.30. The molecule has 0 aliphatic rings. The number of carbonyl (C=O) groups excluding carboxylic acids is 1. The predicted molar refractivity (Wildman–Crippen MR) is 75.6 cm³/mol. The Morgan fingerprint density at radius 1 is 1.25 bits per heavy atom. The first kappa shape index (κ1) is 13.8. The number of thiophene rings is 1. The number of nitrogens with zero attached hydrogens (tertiary/aromatic N) is 1. The highest BCUT2D eigenvalue weighted by atomic mass is 32.1. The molecule has 0 aromatic carbocycles. The molecule has 0 saturated carbocycles. The number of aromatic nitrogens is 1. The summed E-state index contributed by atoms with van der Waals surface area (Å²) in [6, 6.07) is 3.63. The standard InChI is InChI=1S/C12H11N3O4S/c1-15-6-7(2-3-9(15)16)13-12(19)14-10-8(11(17)18)4-5-20-10/h2-6H,1H3,(H,17,18)(H2,13,14,19). The Morgan fingerprint density at radius 2 is 2.00 bits per heavy atom. The van der Waals surface area contributed by atoms with Crippen LogP contribution in [0.25, 0.3) is 0 Å². The molecule has 8 heteroatoms. The van der Waals surface area contributed by atoms with Crippen LogP contribution in [0.4, 0.5) is 15.5 Å². The largest absolute Gasteiger partial charge is 0.478 e. The Balaban J connectivity index is 2.09. The molecule has 104 valence electrons. The summed E-state index contributed by atoms with van der Waals surface area (Å²) in [7, 11) is 1.56. The fraction of sp³-hybridized carbons (Fsp3) is 0.0833. The molecular formula is C12H11N3O4S. The molecule has 3 N–H and O–H groups in total. The summed E-state index contributed by atoms with van der Waals surface area (Å²) in [6.07, 6.45) is 1.47. The highest BCUT2D eigenvalue weighted by Gasteiger charge is 2.13. The zero-order valence-corrected chi connectivity index (χ0v) is 11.2. The van der Waals surface area contributed by atoms with E-state index in [4.69, 9.17) is 5.11 Å². The van der Waals surface area contributed by atoms with E-state index in [1.165, 1.54) is 29.0 Å². The van der Waals surface area contributed by atoms with Crippen molar-refractivity contribution in [1.29, 1.82) is 0 Å². The number of carboxylic acid groups (broad SMARTS) is 1. The maximum absolute atomic E-state index is 11.8. The van der Waals surface area contributed by atoms with Gasteiger partial charge in [0.2, 0.25) is 5.56 Å². The van der Waals surface area contributed by atoms with Gasteiger partial charge in [-0.15, -0.1) is 11.3 Å². The second-order valence-electron chi connectivity index (χ2n) is 3.91. The number of aromatic carboxylic acids is 1. The second kappa shape index (κ2) is 5.57. The van der Waals surface area contributed by atoms with Crippen molar-refractivity contribution in [3.8, 4) is 0 Å². The summed E-state index contributed by atoms with van der Waals surface area (Å²) in [5, 5.41) is 15.7. The second-order valence-corrected chi connectivity index (χ2v) is 4.83. The summed E-state index contributed by atoms with van der Waals surface area (Å²) >= 11 is 1.11. The van der Waals surface area contributed by atoms with Crippen LogP contribution in [0.1, 0.15) is 10.4 Å². The number of pyridine rings is 1. The van der Waals surface area contributed by atoms with Gasteiger partial charge in [0, 0.05) is 19.3 Å². The van der Waals surface area contributed by atoms with E-state index in [9.17, 15) is 14.4 Å². The number of anilines is 2. The zero-order chi connectivity index (χ0) is 14.7. The number of carbonyl (C=O) groups is 2. The minimum Gasteiger partial charge on any atom is -0.478 e. The van der Waals surface area contributed by atoms with E-state index in [2.05, 4.69) is 10.6 Å². The van der Waals surface area contributed by atoms with Gasteiger partial charge in [0.25, 0.3) is 0 Å². The van der Waals surface area contributed by atoms with Crippen LogP contribution < -0.4 is 16.2 Å². The lowest BCUT2D eigenvalue weighted by Gasteiger charge is -2.07. The highest BCUT2D eigenvalue weighted by molar-refractivity contribution is 7.14. The van der Waals surface area contributed by atoms with Gasteiger partial charge in [0.1, 0.15) is 5.00 Å².